The van der Waals surface area contributed by atoms with Crippen molar-refractivity contribution < 1.29 is 0 Å². The summed E-state index contributed by atoms with van der Waals surface area (Å²) in [6.07, 6.45) is 1.81. The molecule has 18 heavy (non-hydrogen) atoms. The predicted molar refractivity (Wildman–Crippen MR) is 77.1 cm³/mol. The molecule has 1 heterocycles. The smallest absolute Gasteiger partial charge is 0.151 e. The van der Waals surface area contributed by atoms with Crippen molar-refractivity contribution in [1.82, 2.24) is 4.98 Å². The molecule has 3 heteroatoms. The Morgan fingerprint density at radius 3 is 2.50 bits per heavy atom. The monoisotopic (exact) mass is 241 g/mol. The summed E-state index contributed by atoms with van der Waals surface area (Å²) < 4.78 is 0. The van der Waals surface area contributed by atoms with Crippen LogP contribution in [-0.2, 0) is 6.54 Å². The zero-order valence-electron chi connectivity index (χ0n) is 11.1. The van der Waals surface area contributed by atoms with E-state index in [1.54, 1.807) is 0 Å². The minimum absolute atomic E-state index is 0.812. The molecule has 1 aromatic heterocycles. The van der Waals surface area contributed by atoms with Gasteiger partial charge in [0.05, 0.1) is 5.69 Å². The number of aromatic nitrogens is 1. The van der Waals surface area contributed by atoms with Crippen molar-refractivity contribution in [2.75, 3.05) is 24.3 Å². The van der Waals surface area contributed by atoms with E-state index in [0.717, 1.165) is 18.1 Å². The highest BCUT2D eigenvalue weighted by Crippen LogP contribution is 2.21. The van der Waals surface area contributed by atoms with Crippen LogP contribution in [0.3, 0.4) is 0 Å². The molecule has 2 rings (SSSR count). The molecule has 3 nitrogen and oxygen atoms in total. The second-order valence-corrected chi connectivity index (χ2v) is 4.61. The van der Waals surface area contributed by atoms with Gasteiger partial charge in [0, 0.05) is 26.8 Å². The van der Waals surface area contributed by atoms with E-state index in [9.17, 15) is 0 Å². The number of nitrogens with zero attached hydrogens (tertiary/aromatic N) is 2. The molecule has 0 atom stereocenters. The minimum Gasteiger partial charge on any atom is -0.378 e. The molecular formula is C15H19N3. The summed E-state index contributed by atoms with van der Waals surface area (Å²) in [6.45, 7) is 2.91. The van der Waals surface area contributed by atoms with Crippen LogP contribution in [0.4, 0.5) is 11.5 Å². The van der Waals surface area contributed by atoms with Gasteiger partial charge in [-0.15, -0.1) is 0 Å². The molecule has 1 N–H and O–H groups in total. The molecule has 0 saturated heterocycles. The van der Waals surface area contributed by atoms with Gasteiger partial charge in [0.2, 0.25) is 0 Å². The van der Waals surface area contributed by atoms with Gasteiger partial charge in [-0.05, 0) is 24.6 Å². The Kier molecular flexibility index (Phi) is 3.82. The lowest BCUT2D eigenvalue weighted by Crippen LogP contribution is -2.13. The summed E-state index contributed by atoms with van der Waals surface area (Å²) in [5.74, 6) is 0.963. The maximum Gasteiger partial charge on any atom is 0.151 e. The van der Waals surface area contributed by atoms with Gasteiger partial charge in [0.1, 0.15) is 0 Å². The van der Waals surface area contributed by atoms with Crippen molar-refractivity contribution in [3.8, 4) is 0 Å². The molecule has 0 saturated carbocycles. The van der Waals surface area contributed by atoms with Gasteiger partial charge in [0.25, 0.3) is 0 Å². The molecule has 0 aliphatic carbocycles. The average molecular weight is 241 g/mol. The van der Waals surface area contributed by atoms with E-state index >= 15 is 0 Å². The first-order chi connectivity index (χ1) is 8.66. The molecule has 0 spiro atoms. The molecular weight excluding hydrogens is 222 g/mol. The second-order valence-electron chi connectivity index (χ2n) is 4.61. The molecule has 94 valence electrons. The molecule has 2 aromatic rings. The van der Waals surface area contributed by atoms with Crippen molar-refractivity contribution in [1.29, 1.82) is 0 Å². The maximum atomic E-state index is 4.37. The van der Waals surface area contributed by atoms with Crippen molar-refractivity contribution in [2.45, 2.75) is 13.5 Å². The van der Waals surface area contributed by atoms with Crippen molar-refractivity contribution in [3.63, 3.8) is 0 Å². The Morgan fingerprint density at radius 2 is 1.83 bits per heavy atom. The van der Waals surface area contributed by atoms with Gasteiger partial charge >= 0.3 is 0 Å². The Labute approximate surface area is 108 Å². The normalized spacial score (nSPS) is 10.2. The van der Waals surface area contributed by atoms with Crippen LogP contribution in [0.25, 0.3) is 0 Å². The van der Waals surface area contributed by atoms with Gasteiger partial charge in [-0.1, -0.05) is 29.8 Å². The Morgan fingerprint density at radius 1 is 1.11 bits per heavy atom. The van der Waals surface area contributed by atoms with E-state index in [2.05, 4.69) is 47.6 Å². The molecule has 1 aromatic carbocycles. The van der Waals surface area contributed by atoms with Gasteiger partial charge in [-0.3, -0.25) is 0 Å². The molecule has 0 fully saturated rings. The van der Waals surface area contributed by atoms with Crippen molar-refractivity contribution in [2.24, 2.45) is 0 Å². The zero-order valence-corrected chi connectivity index (χ0v) is 11.1. The van der Waals surface area contributed by atoms with E-state index in [0.29, 0.717) is 0 Å². The van der Waals surface area contributed by atoms with E-state index < -0.39 is 0 Å². The first kappa shape index (κ1) is 12.4. The first-order valence-corrected chi connectivity index (χ1v) is 6.08. The SMILES string of the molecule is Cc1ccc(CNc2cccnc2N(C)C)cc1. The fraction of sp³-hybridized carbons (Fsp3) is 0.267. The Balaban J connectivity index is 2.08. The number of hydrogen-bond acceptors (Lipinski definition) is 3. The number of nitrogens with one attached hydrogen (secondary N) is 1. The van der Waals surface area contributed by atoms with E-state index in [1.807, 2.05) is 31.3 Å². The third-order valence-electron chi connectivity index (χ3n) is 2.81. The highest BCUT2D eigenvalue weighted by molar-refractivity contribution is 5.64. The molecule has 0 bridgehead atoms. The minimum atomic E-state index is 0.812. The van der Waals surface area contributed by atoms with Crippen LogP contribution < -0.4 is 10.2 Å². The van der Waals surface area contributed by atoms with Crippen LogP contribution in [0.15, 0.2) is 42.6 Å². The van der Waals surface area contributed by atoms with E-state index in [1.165, 1.54) is 11.1 Å². The lowest BCUT2D eigenvalue weighted by molar-refractivity contribution is 1.05. The lowest BCUT2D eigenvalue weighted by Gasteiger charge is -2.16. The predicted octanol–water partition coefficient (Wildman–Crippen LogP) is 3.07. The lowest BCUT2D eigenvalue weighted by atomic mass is 10.1. The Bertz CT molecular complexity index is 503. The summed E-state index contributed by atoms with van der Waals surface area (Å²) in [4.78, 5) is 6.38. The van der Waals surface area contributed by atoms with Gasteiger partial charge in [-0.2, -0.15) is 0 Å². The fourth-order valence-corrected chi connectivity index (χ4v) is 1.79. The molecule has 0 unspecified atom stereocenters. The zero-order chi connectivity index (χ0) is 13.0. The highest BCUT2D eigenvalue weighted by Gasteiger charge is 2.04. The standard InChI is InChI=1S/C15H19N3/c1-12-6-8-13(9-7-12)11-17-14-5-4-10-16-15(14)18(2)3/h4-10,17H,11H2,1-3H3. The summed E-state index contributed by atoms with van der Waals surface area (Å²) in [5.41, 5.74) is 3.62. The summed E-state index contributed by atoms with van der Waals surface area (Å²) in [5, 5.41) is 3.43. The number of aryl methyl sites for hydroxylation is 1. The van der Waals surface area contributed by atoms with Crippen molar-refractivity contribution >= 4 is 11.5 Å². The van der Waals surface area contributed by atoms with Crippen LogP contribution in [0.5, 0.6) is 0 Å². The van der Waals surface area contributed by atoms with Gasteiger partial charge in [-0.25, -0.2) is 4.98 Å². The summed E-state index contributed by atoms with van der Waals surface area (Å²) in [6, 6.07) is 12.6. The number of pyridine rings is 1. The summed E-state index contributed by atoms with van der Waals surface area (Å²) in [7, 11) is 4.00. The number of rotatable bonds is 4. The van der Waals surface area contributed by atoms with Crippen LogP contribution >= 0.6 is 0 Å². The average Bonchev–Trinajstić information content (AvgIpc) is 2.38. The number of hydrogen-bond donors (Lipinski definition) is 1. The Hall–Kier alpha value is -2.03. The number of anilines is 2. The van der Waals surface area contributed by atoms with Crippen LogP contribution in [0.1, 0.15) is 11.1 Å². The first-order valence-electron chi connectivity index (χ1n) is 6.08. The summed E-state index contributed by atoms with van der Waals surface area (Å²) >= 11 is 0. The number of benzene rings is 1. The molecule has 0 aliphatic rings. The third-order valence-corrected chi connectivity index (χ3v) is 2.81. The maximum absolute atomic E-state index is 4.37. The van der Waals surface area contributed by atoms with Crippen LogP contribution in [0.2, 0.25) is 0 Å². The topological polar surface area (TPSA) is 28.2 Å². The second kappa shape index (κ2) is 5.54. The quantitative estimate of drug-likeness (QED) is 0.891. The van der Waals surface area contributed by atoms with E-state index in [4.69, 9.17) is 0 Å². The van der Waals surface area contributed by atoms with Crippen LogP contribution in [-0.4, -0.2) is 19.1 Å². The molecule has 0 aliphatic heterocycles. The van der Waals surface area contributed by atoms with Gasteiger partial charge in [0.15, 0.2) is 5.82 Å². The van der Waals surface area contributed by atoms with Crippen LogP contribution in [0, 0.1) is 6.92 Å². The molecule has 0 radical (unpaired) electrons. The van der Waals surface area contributed by atoms with E-state index in [-0.39, 0.29) is 0 Å². The largest absolute Gasteiger partial charge is 0.378 e. The fourth-order valence-electron chi connectivity index (χ4n) is 1.79. The highest BCUT2D eigenvalue weighted by atomic mass is 15.2. The molecule has 0 amide bonds. The van der Waals surface area contributed by atoms with Crippen molar-refractivity contribution in [3.05, 3.63) is 53.7 Å². The van der Waals surface area contributed by atoms with Gasteiger partial charge < -0.3 is 10.2 Å². The third kappa shape index (κ3) is 3.00.